The van der Waals surface area contributed by atoms with Crippen molar-refractivity contribution in [1.29, 1.82) is 0 Å². The van der Waals surface area contributed by atoms with Crippen LogP contribution in [-0.4, -0.2) is 52.5 Å². The van der Waals surface area contributed by atoms with Gasteiger partial charge in [-0.2, -0.15) is 0 Å². The van der Waals surface area contributed by atoms with Crippen molar-refractivity contribution in [2.75, 3.05) is 33.9 Å². The van der Waals surface area contributed by atoms with Crippen LogP contribution in [0.15, 0.2) is 53.4 Å². The van der Waals surface area contributed by atoms with Crippen molar-refractivity contribution in [3.05, 3.63) is 54.1 Å². The number of rotatable bonds is 9. The molecule has 2 aromatic carbocycles. The minimum atomic E-state index is -3.46. The predicted molar refractivity (Wildman–Crippen MR) is 103 cm³/mol. The SMILES string of the molecule is CCOc1ccc(C(=O)NCCOc2ccc(S(=O)(=O)N(C)C)cc2)cc1. The summed E-state index contributed by atoms with van der Waals surface area (Å²) in [4.78, 5) is 12.3. The molecule has 2 rings (SSSR count). The zero-order valence-electron chi connectivity index (χ0n) is 15.6. The number of carbonyl (C=O) groups excluding carboxylic acids is 1. The second-order valence-corrected chi connectivity index (χ2v) is 7.97. The molecule has 8 heteroatoms. The second-order valence-electron chi connectivity index (χ2n) is 5.82. The number of hydrogen-bond acceptors (Lipinski definition) is 5. The van der Waals surface area contributed by atoms with Gasteiger partial charge in [0, 0.05) is 19.7 Å². The van der Waals surface area contributed by atoms with Crippen LogP contribution in [0.5, 0.6) is 11.5 Å². The first-order valence-corrected chi connectivity index (χ1v) is 9.95. The molecule has 0 saturated carbocycles. The van der Waals surface area contributed by atoms with Crippen LogP contribution in [0.4, 0.5) is 0 Å². The largest absolute Gasteiger partial charge is 0.494 e. The highest BCUT2D eigenvalue weighted by molar-refractivity contribution is 7.89. The van der Waals surface area contributed by atoms with Crippen molar-refractivity contribution >= 4 is 15.9 Å². The maximum absolute atomic E-state index is 12.1. The van der Waals surface area contributed by atoms with Crippen LogP contribution in [0.25, 0.3) is 0 Å². The molecule has 1 amide bonds. The molecule has 0 fully saturated rings. The van der Waals surface area contributed by atoms with Gasteiger partial charge in [0.1, 0.15) is 18.1 Å². The zero-order valence-corrected chi connectivity index (χ0v) is 16.5. The Morgan fingerprint density at radius 2 is 1.52 bits per heavy atom. The fourth-order valence-corrected chi connectivity index (χ4v) is 3.13. The van der Waals surface area contributed by atoms with Gasteiger partial charge in [-0.05, 0) is 55.5 Å². The molecule has 0 aromatic heterocycles. The number of benzene rings is 2. The number of carbonyl (C=O) groups is 1. The lowest BCUT2D eigenvalue weighted by Crippen LogP contribution is -2.28. The molecule has 0 saturated heterocycles. The molecule has 0 radical (unpaired) electrons. The van der Waals surface area contributed by atoms with Crippen LogP contribution in [0, 0.1) is 0 Å². The average Bonchev–Trinajstić information content (AvgIpc) is 2.66. The maximum atomic E-state index is 12.1. The Bertz CT molecular complexity index is 847. The van der Waals surface area contributed by atoms with Crippen molar-refractivity contribution in [3.8, 4) is 11.5 Å². The number of nitrogens with one attached hydrogen (secondary N) is 1. The zero-order chi connectivity index (χ0) is 19.9. The van der Waals surface area contributed by atoms with E-state index < -0.39 is 10.0 Å². The molecular formula is C19H24N2O5S. The van der Waals surface area contributed by atoms with E-state index in [1.807, 2.05) is 6.92 Å². The highest BCUT2D eigenvalue weighted by atomic mass is 32.2. The summed E-state index contributed by atoms with van der Waals surface area (Å²) in [6, 6.07) is 13.0. The molecule has 27 heavy (non-hydrogen) atoms. The van der Waals surface area contributed by atoms with Gasteiger partial charge in [0.15, 0.2) is 0 Å². The third kappa shape index (κ3) is 5.70. The summed E-state index contributed by atoms with van der Waals surface area (Å²) in [5.41, 5.74) is 0.539. The number of hydrogen-bond donors (Lipinski definition) is 1. The lowest BCUT2D eigenvalue weighted by molar-refractivity contribution is 0.0947. The summed E-state index contributed by atoms with van der Waals surface area (Å²) in [6.45, 7) is 3.06. The van der Waals surface area contributed by atoms with E-state index in [9.17, 15) is 13.2 Å². The summed E-state index contributed by atoms with van der Waals surface area (Å²) in [5, 5.41) is 2.76. The summed E-state index contributed by atoms with van der Waals surface area (Å²) < 4.78 is 36.0. The van der Waals surface area contributed by atoms with Gasteiger partial charge in [0.25, 0.3) is 5.91 Å². The average molecular weight is 392 g/mol. The molecule has 146 valence electrons. The molecule has 0 unspecified atom stereocenters. The van der Waals surface area contributed by atoms with Crippen LogP contribution in [0.2, 0.25) is 0 Å². The minimum absolute atomic E-state index is 0.198. The first kappa shape index (κ1) is 20.7. The molecule has 0 aliphatic carbocycles. The fraction of sp³-hybridized carbons (Fsp3) is 0.316. The minimum Gasteiger partial charge on any atom is -0.494 e. The molecule has 0 aliphatic heterocycles. The van der Waals surface area contributed by atoms with E-state index in [-0.39, 0.29) is 17.4 Å². The number of amides is 1. The monoisotopic (exact) mass is 392 g/mol. The van der Waals surface area contributed by atoms with E-state index in [1.165, 1.54) is 26.2 Å². The van der Waals surface area contributed by atoms with E-state index in [0.717, 1.165) is 10.1 Å². The molecule has 0 bridgehead atoms. The number of nitrogens with zero attached hydrogens (tertiary/aromatic N) is 1. The van der Waals surface area contributed by atoms with Crippen LogP contribution < -0.4 is 14.8 Å². The molecule has 2 aromatic rings. The lowest BCUT2D eigenvalue weighted by atomic mass is 10.2. The molecule has 0 heterocycles. The fourth-order valence-electron chi connectivity index (χ4n) is 2.22. The van der Waals surface area contributed by atoms with Crippen molar-refractivity contribution in [3.63, 3.8) is 0 Å². The Morgan fingerprint density at radius 3 is 2.07 bits per heavy atom. The molecule has 1 N–H and O–H groups in total. The van der Waals surface area contributed by atoms with E-state index >= 15 is 0 Å². The van der Waals surface area contributed by atoms with E-state index in [4.69, 9.17) is 9.47 Å². The van der Waals surface area contributed by atoms with E-state index in [2.05, 4.69) is 5.32 Å². The second kappa shape index (κ2) is 9.38. The van der Waals surface area contributed by atoms with Gasteiger partial charge < -0.3 is 14.8 Å². The van der Waals surface area contributed by atoms with Gasteiger partial charge in [-0.15, -0.1) is 0 Å². The summed E-state index contributed by atoms with van der Waals surface area (Å²) in [7, 11) is -0.498. The third-order valence-electron chi connectivity index (χ3n) is 3.69. The van der Waals surface area contributed by atoms with E-state index in [1.54, 1.807) is 36.4 Å². The van der Waals surface area contributed by atoms with Crippen molar-refractivity contribution in [1.82, 2.24) is 9.62 Å². The summed E-state index contributed by atoms with van der Waals surface area (Å²) in [6.07, 6.45) is 0. The van der Waals surface area contributed by atoms with Gasteiger partial charge in [-0.3, -0.25) is 4.79 Å². The van der Waals surface area contributed by atoms with Gasteiger partial charge >= 0.3 is 0 Å². The Morgan fingerprint density at radius 1 is 0.963 bits per heavy atom. The Labute approximate surface area is 160 Å². The smallest absolute Gasteiger partial charge is 0.251 e. The molecule has 7 nitrogen and oxygen atoms in total. The number of ether oxygens (including phenoxy) is 2. The van der Waals surface area contributed by atoms with Gasteiger partial charge in [0.05, 0.1) is 18.0 Å². The Hall–Kier alpha value is -2.58. The van der Waals surface area contributed by atoms with Gasteiger partial charge in [-0.25, -0.2) is 12.7 Å². The topological polar surface area (TPSA) is 84.9 Å². The van der Waals surface area contributed by atoms with Crippen LogP contribution >= 0.6 is 0 Å². The highest BCUT2D eigenvalue weighted by Crippen LogP contribution is 2.18. The van der Waals surface area contributed by atoms with Crippen LogP contribution in [0.3, 0.4) is 0 Å². The highest BCUT2D eigenvalue weighted by Gasteiger charge is 2.16. The molecular weight excluding hydrogens is 368 g/mol. The predicted octanol–water partition coefficient (Wildman–Crippen LogP) is 2.14. The molecule has 0 atom stereocenters. The first-order valence-electron chi connectivity index (χ1n) is 8.51. The van der Waals surface area contributed by atoms with Gasteiger partial charge in [-0.1, -0.05) is 0 Å². The number of sulfonamides is 1. The molecule has 0 spiro atoms. The maximum Gasteiger partial charge on any atom is 0.251 e. The van der Waals surface area contributed by atoms with Gasteiger partial charge in [0.2, 0.25) is 10.0 Å². The third-order valence-corrected chi connectivity index (χ3v) is 5.52. The first-order chi connectivity index (χ1) is 12.8. The lowest BCUT2D eigenvalue weighted by Gasteiger charge is -2.12. The van der Waals surface area contributed by atoms with Crippen LogP contribution in [-0.2, 0) is 10.0 Å². The normalized spacial score (nSPS) is 11.3. The van der Waals surface area contributed by atoms with Crippen molar-refractivity contribution < 1.29 is 22.7 Å². The van der Waals surface area contributed by atoms with Crippen molar-refractivity contribution in [2.45, 2.75) is 11.8 Å². The van der Waals surface area contributed by atoms with Crippen molar-refractivity contribution in [2.24, 2.45) is 0 Å². The summed E-state index contributed by atoms with van der Waals surface area (Å²) in [5.74, 6) is 1.05. The standard InChI is InChI=1S/C19H24N2O5S/c1-4-25-16-7-5-15(6-8-16)19(22)20-13-14-26-17-9-11-18(12-10-17)27(23,24)21(2)3/h5-12H,4,13-14H2,1-3H3,(H,20,22). The van der Waals surface area contributed by atoms with Crippen LogP contribution in [0.1, 0.15) is 17.3 Å². The summed E-state index contributed by atoms with van der Waals surface area (Å²) >= 11 is 0. The van der Waals surface area contributed by atoms with E-state index in [0.29, 0.717) is 24.5 Å². The Balaban J connectivity index is 1.80. The Kier molecular flexibility index (Phi) is 7.20. The molecule has 0 aliphatic rings. The quantitative estimate of drug-likeness (QED) is 0.661.